The molecule has 0 aromatic carbocycles. The summed E-state index contributed by atoms with van der Waals surface area (Å²) >= 11 is 0. The van der Waals surface area contributed by atoms with Crippen molar-refractivity contribution < 1.29 is 4.74 Å². The highest BCUT2D eigenvalue weighted by Crippen LogP contribution is 2.12. The SMILES string of the molecule is CC(C)CCCC(C)C.CC(C)CCCCCC(C)C.CC(C)COCC(C)C. The summed E-state index contributed by atoms with van der Waals surface area (Å²) in [6.45, 7) is 28.9. The lowest BCUT2D eigenvalue weighted by Gasteiger charge is -2.07. The Morgan fingerprint density at radius 2 is 0.621 bits per heavy atom. The minimum absolute atomic E-state index is 0.670. The van der Waals surface area contributed by atoms with E-state index < -0.39 is 0 Å². The molecule has 0 heterocycles. The molecule has 0 fully saturated rings. The highest BCUT2D eigenvalue weighted by Gasteiger charge is 1.97. The van der Waals surface area contributed by atoms with Crippen molar-refractivity contribution in [3.05, 3.63) is 0 Å². The van der Waals surface area contributed by atoms with Crippen molar-refractivity contribution in [1.82, 2.24) is 0 Å². The Kier molecular flexibility index (Phi) is 28.1. The normalized spacial score (nSPS) is 11.4. The molecule has 29 heavy (non-hydrogen) atoms. The molecule has 0 amide bonds. The molecule has 0 bridgehead atoms. The molecule has 0 unspecified atom stereocenters. The highest BCUT2D eigenvalue weighted by atomic mass is 16.5. The number of hydrogen-bond acceptors (Lipinski definition) is 1. The second-order valence-electron chi connectivity index (χ2n) is 11.5. The molecule has 0 N–H and O–H groups in total. The molecule has 180 valence electrons. The first kappa shape index (κ1) is 33.6. The monoisotopic (exact) mass is 414 g/mol. The van der Waals surface area contributed by atoms with E-state index in [9.17, 15) is 0 Å². The van der Waals surface area contributed by atoms with E-state index in [1.165, 1.54) is 51.4 Å². The number of ether oxygens (including phenoxy) is 1. The summed E-state index contributed by atoms with van der Waals surface area (Å²) in [6, 6.07) is 0. The molecule has 0 aliphatic heterocycles. The first-order chi connectivity index (χ1) is 13.4. The summed E-state index contributed by atoms with van der Waals surface area (Å²) in [5.41, 5.74) is 0. The van der Waals surface area contributed by atoms with Crippen LogP contribution in [-0.2, 0) is 4.74 Å². The largest absolute Gasteiger partial charge is 0.381 e. The molecule has 0 aliphatic carbocycles. The number of rotatable bonds is 14. The van der Waals surface area contributed by atoms with E-state index in [0.29, 0.717) is 11.8 Å². The fourth-order valence-electron chi connectivity index (χ4n) is 2.76. The van der Waals surface area contributed by atoms with Crippen LogP contribution in [0, 0.1) is 35.5 Å². The summed E-state index contributed by atoms with van der Waals surface area (Å²) in [5.74, 6) is 4.92. The summed E-state index contributed by atoms with van der Waals surface area (Å²) < 4.78 is 5.36. The van der Waals surface area contributed by atoms with Gasteiger partial charge in [0.05, 0.1) is 0 Å². The summed E-state index contributed by atoms with van der Waals surface area (Å²) in [6.07, 6.45) is 11.4. The maximum absolute atomic E-state index is 5.36. The fraction of sp³-hybridized carbons (Fsp3) is 1.00. The van der Waals surface area contributed by atoms with Crippen molar-refractivity contribution in [1.29, 1.82) is 0 Å². The lowest BCUT2D eigenvalue weighted by Crippen LogP contribution is -2.06. The zero-order valence-corrected chi connectivity index (χ0v) is 22.9. The van der Waals surface area contributed by atoms with Gasteiger partial charge in [-0.1, -0.05) is 134 Å². The van der Waals surface area contributed by atoms with E-state index >= 15 is 0 Å². The zero-order chi connectivity index (χ0) is 23.2. The molecule has 0 radical (unpaired) electrons. The van der Waals surface area contributed by atoms with Crippen LogP contribution in [0.3, 0.4) is 0 Å². The molecule has 0 aromatic heterocycles. The van der Waals surface area contributed by atoms with Gasteiger partial charge in [0.2, 0.25) is 0 Å². The lowest BCUT2D eigenvalue weighted by molar-refractivity contribution is 0.0886. The average molecular weight is 415 g/mol. The van der Waals surface area contributed by atoms with Gasteiger partial charge in [-0.25, -0.2) is 0 Å². The maximum atomic E-state index is 5.36. The van der Waals surface area contributed by atoms with Crippen LogP contribution in [0.4, 0.5) is 0 Å². The minimum atomic E-state index is 0.670. The van der Waals surface area contributed by atoms with Gasteiger partial charge in [-0.05, 0) is 35.5 Å². The van der Waals surface area contributed by atoms with Crippen molar-refractivity contribution >= 4 is 0 Å². The molecule has 0 saturated carbocycles. The van der Waals surface area contributed by atoms with Gasteiger partial charge >= 0.3 is 0 Å². The molecule has 1 heteroatoms. The van der Waals surface area contributed by atoms with Gasteiger partial charge in [0.25, 0.3) is 0 Å². The van der Waals surface area contributed by atoms with Crippen molar-refractivity contribution in [3.63, 3.8) is 0 Å². The Labute approximate surface area is 188 Å². The van der Waals surface area contributed by atoms with Gasteiger partial charge in [-0.15, -0.1) is 0 Å². The van der Waals surface area contributed by atoms with Crippen LogP contribution in [0.15, 0.2) is 0 Å². The van der Waals surface area contributed by atoms with Crippen LogP contribution in [0.2, 0.25) is 0 Å². The predicted molar refractivity (Wildman–Crippen MR) is 137 cm³/mol. The van der Waals surface area contributed by atoms with Crippen LogP contribution in [-0.4, -0.2) is 13.2 Å². The van der Waals surface area contributed by atoms with Crippen LogP contribution in [0.1, 0.15) is 134 Å². The van der Waals surface area contributed by atoms with Crippen molar-refractivity contribution in [3.8, 4) is 0 Å². The first-order valence-electron chi connectivity index (χ1n) is 13.0. The topological polar surface area (TPSA) is 9.23 Å². The summed E-state index contributed by atoms with van der Waals surface area (Å²) in [4.78, 5) is 0. The second kappa shape index (κ2) is 24.2. The van der Waals surface area contributed by atoms with Crippen molar-refractivity contribution in [2.75, 3.05) is 13.2 Å². The van der Waals surface area contributed by atoms with Gasteiger partial charge in [0.1, 0.15) is 0 Å². The first-order valence-corrected chi connectivity index (χ1v) is 13.0. The smallest absolute Gasteiger partial charge is 0.0489 e. The van der Waals surface area contributed by atoms with E-state index in [4.69, 9.17) is 4.74 Å². The molecule has 0 spiro atoms. The van der Waals surface area contributed by atoms with E-state index in [1.54, 1.807) is 0 Å². The second-order valence-corrected chi connectivity index (χ2v) is 11.5. The molecule has 0 aliphatic rings. The van der Waals surface area contributed by atoms with Gasteiger partial charge < -0.3 is 4.74 Å². The van der Waals surface area contributed by atoms with E-state index in [0.717, 1.165) is 36.9 Å². The van der Waals surface area contributed by atoms with Gasteiger partial charge in [-0.2, -0.15) is 0 Å². The number of hydrogen-bond donors (Lipinski definition) is 0. The highest BCUT2D eigenvalue weighted by molar-refractivity contribution is 4.50. The van der Waals surface area contributed by atoms with Gasteiger partial charge in [-0.3, -0.25) is 0 Å². The van der Waals surface area contributed by atoms with Crippen molar-refractivity contribution in [2.45, 2.75) is 134 Å². The predicted octanol–water partition coefficient (Wildman–Crippen LogP) is 10.0. The Bertz CT molecular complexity index is 232. The third kappa shape index (κ3) is 47.3. The van der Waals surface area contributed by atoms with E-state index in [-0.39, 0.29) is 0 Å². The van der Waals surface area contributed by atoms with Crippen LogP contribution >= 0.6 is 0 Å². The van der Waals surface area contributed by atoms with E-state index in [1.807, 2.05) is 0 Å². The molecular weight excluding hydrogens is 352 g/mol. The van der Waals surface area contributed by atoms with Gasteiger partial charge in [0.15, 0.2) is 0 Å². The van der Waals surface area contributed by atoms with Crippen LogP contribution in [0.25, 0.3) is 0 Å². The lowest BCUT2D eigenvalue weighted by atomic mass is 10.0. The maximum Gasteiger partial charge on any atom is 0.0489 e. The van der Waals surface area contributed by atoms with Crippen molar-refractivity contribution in [2.24, 2.45) is 35.5 Å². The Hall–Kier alpha value is -0.0400. The Balaban J connectivity index is -0.000000352. The molecule has 0 saturated heterocycles. The third-order valence-electron chi connectivity index (χ3n) is 4.53. The molecule has 0 atom stereocenters. The summed E-state index contributed by atoms with van der Waals surface area (Å²) in [7, 11) is 0. The Morgan fingerprint density at radius 3 is 0.862 bits per heavy atom. The number of unbranched alkanes of at least 4 members (excludes halogenated alkanes) is 2. The van der Waals surface area contributed by atoms with E-state index in [2.05, 4.69) is 83.1 Å². The summed E-state index contributed by atoms with van der Waals surface area (Å²) in [5, 5.41) is 0. The molecule has 1 nitrogen and oxygen atoms in total. The quantitative estimate of drug-likeness (QED) is 0.257. The minimum Gasteiger partial charge on any atom is -0.381 e. The average Bonchev–Trinajstić information content (AvgIpc) is 2.53. The van der Waals surface area contributed by atoms with Crippen LogP contribution in [0.5, 0.6) is 0 Å². The zero-order valence-electron chi connectivity index (χ0n) is 22.9. The Morgan fingerprint density at radius 1 is 0.345 bits per heavy atom. The van der Waals surface area contributed by atoms with Crippen LogP contribution < -0.4 is 0 Å². The molecule has 0 aromatic rings. The van der Waals surface area contributed by atoms with Gasteiger partial charge in [0, 0.05) is 13.2 Å². The fourth-order valence-corrected chi connectivity index (χ4v) is 2.76. The molecule has 0 rings (SSSR count). The third-order valence-corrected chi connectivity index (χ3v) is 4.53. The standard InChI is InChI=1S/C11H24.C9H20.C8H18O/c1-10(2)8-6-5-7-9-11(3)4;1-8(2)6-5-7-9(3)4;1-7(2)5-9-6-8(3)4/h10-11H,5-9H2,1-4H3;8-9H,5-7H2,1-4H3;7-8H,5-6H2,1-4H3. The molecular formula is C28H62O.